The number of anilines is 1. The predicted molar refractivity (Wildman–Crippen MR) is 133 cm³/mol. The van der Waals surface area contributed by atoms with Crippen molar-refractivity contribution in [1.29, 1.82) is 5.41 Å². The third-order valence-electron chi connectivity index (χ3n) is 5.98. The van der Waals surface area contributed by atoms with Crippen molar-refractivity contribution in [3.8, 4) is 0 Å². The van der Waals surface area contributed by atoms with Crippen LogP contribution in [0.25, 0.3) is 0 Å². The van der Waals surface area contributed by atoms with Gasteiger partial charge in [0.2, 0.25) is 15.9 Å². The Bertz CT molecular complexity index is 1290. The van der Waals surface area contributed by atoms with Gasteiger partial charge in [-0.3, -0.25) is 10.2 Å². The molecule has 0 bridgehead atoms. The number of benzene rings is 3. The molecular formula is C26H28N4O3S. The average Bonchev–Trinajstić information content (AvgIpc) is 2.86. The zero-order valence-corrected chi connectivity index (χ0v) is 19.6. The number of nitrogens with one attached hydrogen (secondary N) is 2. The number of aryl methyl sites for hydroxylation is 2. The van der Waals surface area contributed by atoms with Gasteiger partial charge in [0.1, 0.15) is 5.84 Å². The van der Waals surface area contributed by atoms with Crippen molar-refractivity contribution in [1.82, 2.24) is 4.72 Å². The van der Waals surface area contributed by atoms with E-state index >= 15 is 0 Å². The molecule has 0 spiro atoms. The average molecular weight is 477 g/mol. The number of hydrogen-bond acceptors (Lipinski definition) is 4. The molecule has 1 aliphatic rings. The molecule has 1 amide bonds. The molecule has 1 aliphatic heterocycles. The predicted octanol–water partition coefficient (Wildman–Crippen LogP) is 3.36. The molecule has 3 aromatic rings. The van der Waals surface area contributed by atoms with Crippen LogP contribution in [0.15, 0.2) is 77.7 Å². The molecule has 0 fully saturated rings. The largest absolute Gasteiger partial charge is 0.384 e. The van der Waals surface area contributed by atoms with Crippen LogP contribution in [0.1, 0.15) is 35.1 Å². The molecule has 3 aromatic carbocycles. The number of rotatable bonds is 8. The van der Waals surface area contributed by atoms with Gasteiger partial charge in [0.15, 0.2) is 0 Å². The molecule has 0 aromatic heterocycles. The lowest BCUT2D eigenvalue weighted by Gasteiger charge is -2.30. The number of nitrogen functional groups attached to an aromatic ring is 1. The zero-order valence-electron chi connectivity index (χ0n) is 18.8. The summed E-state index contributed by atoms with van der Waals surface area (Å²) < 4.78 is 28.3. The van der Waals surface area contributed by atoms with Crippen molar-refractivity contribution in [3.05, 3.63) is 95.1 Å². The Balaban J connectivity index is 1.43. The van der Waals surface area contributed by atoms with Crippen molar-refractivity contribution < 1.29 is 13.2 Å². The maximum absolute atomic E-state index is 13.0. The summed E-state index contributed by atoms with van der Waals surface area (Å²) in [6.45, 7) is 0.839. The van der Waals surface area contributed by atoms with Gasteiger partial charge >= 0.3 is 0 Å². The summed E-state index contributed by atoms with van der Waals surface area (Å²) in [5.74, 6) is 0.0265. The highest BCUT2D eigenvalue weighted by molar-refractivity contribution is 7.89. The number of fused-ring (bicyclic) bond motifs is 1. The lowest BCUT2D eigenvalue weighted by molar-refractivity contribution is -0.118. The highest BCUT2D eigenvalue weighted by Gasteiger charge is 2.24. The van der Waals surface area contributed by atoms with Crippen LogP contribution in [0.3, 0.4) is 0 Å². The second kappa shape index (κ2) is 10.2. The first-order valence-corrected chi connectivity index (χ1v) is 12.7. The summed E-state index contributed by atoms with van der Waals surface area (Å²) in [5, 5.41) is 7.47. The van der Waals surface area contributed by atoms with Crippen LogP contribution in [0.4, 0.5) is 5.69 Å². The summed E-state index contributed by atoms with van der Waals surface area (Å²) in [5.41, 5.74) is 9.69. The van der Waals surface area contributed by atoms with E-state index in [9.17, 15) is 13.2 Å². The molecular weight excluding hydrogens is 448 g/mol. The molecule has 4 N–H and O–H groups in total. The smallest absolute Gasteiger partial charge is 0.240 e. The maximum Gasteiger partial charge on any atom is 0.240 e. The lowest BCUT2D eigenvalue weighted by atomic mass is 10.0. The minimum atomic E-state index is -3.66. The molecule has 176 valence electrons. The van der Waals surface area contributed by atoms with Gasteiger partial charge in [-0.05, 0) is 54.2 Å². The fourth-order valence-electron chi connectivity index (χ4n) is 4.09. The minimum absolute atomic E-state index is 0.00871. The molecule has 4 rings (SSSR count). The van der Waals surface area contributed by atoms with Crippen LogP contribution in [-0.2, 0) is 34.2 Å². The van der Waals surface area contributed by atoms with E-state index in [-0.39, 0.29) is 23.2 Å². The van der Waals surface area contributed by atoms with Crippen molar-refractivity contribution in [3.63, 3.8) is 0 Å². The molecule has 0 unspecified atom stereocenters. The van der Waals surface area contributed by atoms with Crippen LogP contribution < -0.4 is 15.4 Å². The number of carbonyl (C=O) groups is 1. The third-order valence-corrected chi connectivity index (χ3v) is 7.38. The van der Waals surface area contributed by atoms with Gasteiger partial charge in [-0.25, -0.2) is 13.1 Å². The number of amides is 1. The van der Waals surface area contributed by atoms with Gasteiger partial charge in [0, 0.05) is 30.8 Å². The summed E-state index contributed by atoms with van der Waals surface area (Å²) in [6, 6.07) is 21.7. The highest BCUT2D eigenvalue weighted by atomic mass is 32.2. The second-order valence-electron chi connectivity index (χ2n) is 8.36. The first-order valence-electron chi connectivity index (χ1n) is 11.2. The lowest BCUT2D eigenvalue weighted by Crippen LogP contribution is -2.35. The Hall–Kier alpha value is -3.49. The number of hydrogen-bond donors (Lipinski definition) is 3. The van der Waals surface area contributed by atoms with E-state index < -0.39 is 10.0 Å². The van der Waals surface area contributed by atoms with Crippen molar-refractivity contribution in [2.45, 2.75) is 37.1 Å². The zero-order chi connectivity index (χ0) is 24.1. The van der Waals surface area contributed by atoms with Gasteiger partial charge in [-0.2, -0.15) is 0 Å². The third kappa shape index (κ3) is 5.52. The molecule has 0 saturated heterocycles. The van der Waals surface area contributed by atoms with Crippen LogP contribution in [-0.4, -0.2) is 26.7 Å². The Morgan fingerprint density at radius 1 is 1.00 bits per heavy atom. The number of nitrogens with two attached hydrogens (primary N) is 1. The normalized spacial score (nSPS) is 13.4. The molecule has 8 heteroatoms. The highest BCUT2D eigenvalue weighted by Crippen LogP contribution is 2.30. The Morgan fingerprint density at radius 3 is 2.44 bits per heavy atom. The fourth-order valence-corrected chi connectivity index (χ4v) is 5.16. The molecule has 1 heterocycles. The topological polar surface area (TPSA) is 116 Å². The van der Waals surface area contributed by atoms with Gasteiger partial charge < -0.3 is 10.6 Å². The van der Waals surface area contributed by atoms with E-state index in [1.165, 1.54) is 0 Å². The number of amidine groups is 1. The molecule has 0 atom stereocenters. The van der Waals surface area contributed by atoms with Crippen molar-refractivity contribution in [2.24, 2.45) is 5.73 Å². The van der Waals surface area contributed by atoms with E-state index in [1.54, 1.807) is 35.2 Å². The number of sulfonamides is 1. The fraction of sp³-hybridized carbons (Fsp3) is 0.231. The summed E-state index contributed by atoms with van der Waals surface area (Å²) in [6.07, 6.45) is 2.44. The van der Waals surface area contributed by atoms with Crippen LogP contribution >= 0.6 is 0 Å². The maximum atomic E-state index is 13.0. The molecule has 0 radical (unpaired) electrons. The Kier molecular flexibility index (Phi) is 7.09. The van der Waals surface area contributed by atoms with Crippen LogP contribution in [0.2, 0.25) is 0 Å². The number of nitrogens with zero attached hydrogens (tertiary/aromatic N) is 1. The van der Waals surface area contributed by atoms with Crippen LogP contribution in [0.5, 0.6) is 0 Å². The monoisotopic (exact) mass is 476 g/mol. The van der Waals surface area contributed by atoms with E-state index in [2.05, 4.69) is 4.72 Å². The van der Waals surface area contributed by atoms with Gasteiger partial charge in [-0.15, -0.1) is 0 Å². The van der Waals surface area contributed by atoms with E-state index in [4.69, 9.17) is 11.1 Å². The molecule has 34 heavy (non-hydrogen) atoms. The molecule has 0 saturated carbocycles. The standard InChI is InChI=1S/C26H28N4O3S/c27-26(28)21-11-8-19(9-12-21)10-15-25(31)30-16-4-7-22-17-23(13-14-24(22)30)34(32,33)29-18-20-5-2-1-3-6-20/h1-3,5-6,8-9,11-14,17,29H,4,7,10,15-16,18H2,(H3,27,28). The van der Waals surface area contributed by atoms with E-state index in [0.29, 0.717) is 24.9 Å². The van der Waals surface area contributed by atoms with Gasteiger partial charge in [-0.1, -0.05) is 54.6 Å². The summed E-state index contributed by atoms with van der Waals surface area (Å²) >= 11 is 0. The summed E-state index contributed by atoms with van der Waals surface area (Å²) in [7, 11) is -3.66. The molecule has 7 nitrogen and oxygen atoms in total. The number of carbonyl (C=O) groups excluding carboxylic acids is 1. The van der Waals surface area contributed by atoms with E-state index in [1.807, 2.05) is 42.5 Å². The summed E-state index contributed by atoms with van der Waals surface area (Å²) in [4.78, 5) is 15.0. The second-order valence-corrected chi connectivity index (χ2v) is 10.1. The minimum Gasteiger partial charge on any atom is -0.384 e. The van der Waals surface area contributed by atoms with Crippen molar-refractivity contribution in [2.75, 3.05) is 11.4 Å². The van der Waals surface area contributed by atoms with Gasteiger partial charge in [0.25, 0.3) is 0 Å². The first kappa shape index (κ1) is 23.7. The quantitative estimate of drug-likeness (QED) is 0.341. The molecule has 0 aliphatic carbocycles. The first-order chi connectivity index (χ1) is 16.3. The van der Waals surface area contributed by atoms with Gasteiger partial charge in [0.05, 0.1) is 4.90 Å². The SMILES string of the molecule is N=C(N)c1ccc(CCC(=O)N2CCCc3cc(S(=O)(=O)NCc4ccccc4)ccc32)cc1. The Labute approximate surface area is 200 Å². The van der Waals surface area contributed by atoms with Crippen molar-refractivity contribution >= 4 is 27.5 Å². The van der Waals surface area contributed by atoms with E-state index in [0.717, 1.165) is 35.2 Å². The Morgan fingerprint density at radius 2 is 1.74 bits per heavy atom. The van der Waals surface area contributed by atoms with Crippen LogP contribution in [0, 0.1) is 5.41 Å².